The van der Waals surface area contributed by atoms with Gasteiger partial charge in [-0.1, -0.05) is 18.5 Å². The van der Waals surface area contributed by atoms with Crippen molar-refractivity contribution in [1.82, 2.24) is 14.5 Å². The number of carbonyl (C=O) groups is 1. The van der Waals surface area contributed by atoms with E-state index < -0.39 is 11.4 Å². The highest BCUT2D eigenvalue weighted by atomic mass is 35.5. The zero-order valence-corrected chi connectivity index (χ0v) is 15.4. The summed E-state index contributed by atoms with van der Waals surface area (Å²) in [5.41, 5.74) is -0.229. The average molecular weight is 377 g/mol. The van der Waals surface area contributed by atoms with E-state index in [1.807, 2.05) is 4.57 Å². The van der Waals surface area contributed by atoms with Crippen molar-refractivity contribution in [3.05, 3.63) is 33.1 Å². The number of halogens is 1. The Hall–Kier alpha value is -2.12. The molecule has 1 N–H and O–H groups in total. The number of piperazine rings is 1. The maximum absolute atomic E-state index is 12.6. The first-order valence-corrected chi connectivity index (χ1v) is 9.33. The Morgan fingerprint density at radius 3 is 2.58 bits per heavy atom. The number of likely N-dealkylation sites (N-methyl/N-ethyl adjacent to an activating group) is 1. The Morgan fingerprint density at radius 2 is 2.00 bits per heavy atom. The summed E-state index contributed by atoms with van der Waals surface area (Å²) in [5.74, 6) is -0.547. The molecule has 4 rings (SSSR count). The highest BCUT2D eigenvalue weighted by molar-refractivity contribution is 6.33. The Kier molecular flexibility index (Phi) is 4.36. The minimum Gasteiger partial charge on any atom is -0.477 e. The zero-order valence-electron chi connectivity index (χ0n) is 14.6. The molecular weight excluding hydrogens is 356 g/mol. The number of pyridine rings is 2. The van der Waals surface area contributed by atoms with Crippen LogP contribution in [-0.4, -0.2) is 58.3 Å². The van der Waals surface area contributed by atoms with Crippen LogP contribution in [0.25, 0.3) is 11.0 Å². The number of carboxylic acid groups (broad SMARTS) is 1. The first-order chi connectivity index (χ1) is 12.5. The van der Waals surface area contributed by atoms with Crippen molar-refractivity contribution in [2.24, 2.45) is 0 Å². The molecule has 0 radical (unpaired) electrons. The SMILES string of the molecule is CCN1CCN(c2nc3c(cc2Cl)c(=O)c(C(=O)O)cn3C2CC2)CC1. The summed E-state index contributed by atoms with van der Waals surface area (Å²) in [4.78, 5) is 33.2. The van der Waals surface area contributed by atoms with Crippen molar-refractivity contribution in [3.8, 4) is 0 Å². The monoisotopic (exact) mass is 376 g/mol. The minimum absolute atomic E-state index is 0.203. The molecule has 1 aliphatic carbocycles. The van der Waals surface area contributed by atoms with Crippen LogP contribution in [0.5, 0.6) is 0 Å². The van der Waals surface area contributed by atoms with Crippen LogP contribution in [0, 0.1) is 0 Å². The van der Waals surface area contributed by atoms with Gasteiger partial charge in [0.15, 0.2) is 0 Å². The molecule has 1 aliphatic heterocycles. The molecule has 138 valence electrons. The lowest BCUT2D eigenvalue weighted by atomic mass is 10.2. The number of rotatable bonds is 4. The lowest BCUT2D eigenvalue weighted by molar-refractivity contribution is 0.0695. The summed E-state index contributed by atoms with van der Waals surface area (Å²) in [6, 6.07) is 1.79. The van der Waals surface area contributed by atoms with Crippen LogP contribution >= 0.6 is 11.6 Å². The molecule has 0 unspecified atom stereocenters. The third-order valence-corrected chi connectivity index (χ3v) is 5.51. The van der Waals surface area contributed by atoms with Crippen LogP contribution in [0.4, 0.5) is 5.82 Å². The number of nitrogens with zero attached hydrogens (tertiary/aromatic N) is 4. The van der Waals surface area contributed by atoms with Gasteiger partial charge < -0.3 is 19.5 Å². The lowest BCUT2D eigenvalue weighted by Gasteiger charge is -2.35. The highest BCUT2D eigenvalue weighted by Crippen LogP contribution is 2.38. The van der Waals surface area contributed by atoms with Gasteiger partial charge in [0.2, 0.25) is 5.43 Å². The normalized spacial score (nSPS) is 18.5. The predicted octanol–water partition coefficient (Wildman–Crippen LogP) is 2.22. The molecule has 1 saturated carbocycles. The Bertz CT molecular complexity index is 930. The number of aromatic carboxylic acids is 1. The summed E-state index contributed by atoms with van der Waals surface area (Å²) in [5, 5.41) is 10.0. The Balaban J connectivity index is 1.83. The highest BCUT2D eigenvalue weighted by Gasteiger charge is 2.29. The first-order valence-electron chi connectivity index (χ1n) is 8.95. The van der Waals surface area contributed by atoms with E-state index in [1.54, 1.807) is 6.07 Å². The fourth-order valence-electron chi connectivity index (χ4n) is 3.52. The van der Waals surface area contributed by atoms with E-state index in [0.717, 1.165) is 45.6 Å². The number of fused-ring (bicyclic) bond motifs is 1. The molecular formula is C18H21ClN4O3. The molecule has 0 aromatic carbocycles. The third-order valence-electron chi connectivity index (χ3n) is 5.23. The zero-order chi connectivity index (χ0) is 18.4. The van der Waals surface area contributed by atoms with Crippen molar-refractivity contribution in [2.75, 3.05) is 37.6 Å². The summed E-state index contributed by atoms with van der Waals surface area (Å²) < 4.78 is 1.84. The molecule has 2 fully saturated rings. The summed E-state index contributed by atoms with van der Waals surface area (Å²) in [6.45, 7) is 6.71. The molecule has 26 heavy (non-hydrogen) atoms. The van der Waals surface area contributed by atoms with E-state index in [9.17, 15) is 14.7 Å². The van der Waals surface area contributed by atoms with Gasteiger partial charge in [-0.05, 0) is 25.5 Å². The predicted molar refractivity (Wildman–Crippen MR) is 101 cm³/mol. The number of anilines is 1. The van der Waals surface area contributed by atoms with Gasteiger partial charge in [-0.3, -0.25) is 4.79 Å². The molecule has 7 nitrogen and oxygen atoms in total. The minimum atomic E-state index is -1.22. The summed E-state index contributed by atoms with van der Waals surface area (Å²) >= 11 is 6.44. The van der Waals surface area contributed by atoms with Crippen molar-refractivity contribution in [1.29, 1.82) is 0 Å². The number of carboxylic acids is 1. The molecule has 2 aromatic rings. The van der Waals surface area contributed by atoms with Crippen molar-refractivity contribution in [2.45, 2.75) is 25.8 Å². The quantitative estimate of drug-likeness (QED) is 0.881. The maximum Gasteiger partial charge on any atom is 0.341 e. The molecule has 0 atom stereocenters. The van der Waals surface area contributed by atoms with Gasteiger partial charge in [0, 0.05) is 38.4 Å². The molecule has 1 saturated heterocycles. The van der Waals surface area contributed by atoms with E-state index in [0.29, 0.717) is 16.5 Å². The van der Waals surface area contributed by atoms with E-state index in [-0.39, 0.29) is 17.0 Å². The molecule has 8 heteroatoms. The summed E-state index contributed by atoms with van der Waals surface area (Å²) in [6.07, 6.45) is 3.36. The Morgan fingerprint density at radius 1 is 1.31 bits per heavy atom. The van der Waals surface area contributed by atoms with Crippen LogP contribution in [0.2, 0.25) is 5.02 Å². The standard InChI is InChI=1S/C18H21ClN4O3/c1-2-21-5-7-22(8-6-21)17-14(19)9-12-15(24)13(18(25)26)10-23(11-3-4-11)16(12)20-17/h9-11H,2-8H2,1H3,(H,25,26). The second-order valence-corrected chi connectivity index (χ2v) is 7.31. The van der Waals surface area contributed by atoms with Gasteiger partial charge in [-0.25, -0.2) is 9.78 Å². The van der Waals surface area contributed by atoms with Crippen molar-refractivity contribution < 1.29 is 9.90 Å². The van der Waals surface area contributed by atoms with E-state index in [1.165, 1.54) is 6.20 Å². The molecule has 0 spiro atoms. The lowest BCUT2D eigenvalue weighted by Crippen LogP contribution is -2.46. The van der Waals surface area contributed by atoms with Gasteiger partial charge in [0.25, 0.3) is 0 Å². The topological polar surface area (TPSA) is 78.7 Å². The average Bonchev–Trinajstić information content (AvgIpc) is 3.47. The number of hydrogen-bond donors (Lipinski definition) is 1. The van der Waals surface area contributed by atoms with Crippen LogP contribution in [0.3, 0.4) is 0 Å². The van der Waals surface area contributed by atoms with Gasteiger partial charge in [-0.2, -0.15) is 0 Å². The van der Waals surface area contributed by atoms with Gasteiger partial charge in [-0.15, -0.1) is 0 Å². The van der Waals surface area contributed by atoms with Crippen LogP contribution in [0.1, 0.15) is 36.2 Å². The third kappa shape index (κ3) is 2.95. The molecule has 0 amide bonds. The van der Waals surface area contributed by atoms with E-state index >= 15 is 0 Å². The number of hydrogen-bond acceptors (Lipinski definition) is 5. The van der Waals surface area contributed by atoms with Crippen LogP contribution in [0.15, 0.2) is 17.1 Å². The largest absolute Gasteiger partial charge is 0.477 e. The maximum atomic E-state index is 12.6. The van der Waals surface area contributed by atoms with Crippen LogP contribution < -0.4 is 10.3 Å². The Labute approximate surface area is 155 Å². The van der Waals surface area contributed by atoms with Gasteiger partial charge >= 0.3 is 5.97 Å². The number of aromatic nitrogens is 2. The fourth-order valence-corrected chi connectivity index (χ4v) is 3.79. The molecule has 3 heterocycles. The van der Waals surface area contributed by atoms with Crippen LogP contribution in [-0.2, 0) is 0 Å². The molecule has 2 aliphatic rings. The second kappa shape index (κ2) is 6.55. The van der Waals surface area contributed by atoms with E-state index in [4.69, 9.17) is 16.6 Å². The summed E-state index contributed by atoms with van der Waals surface area (Å²) in [7, 11) is 0. The van der Waals surface area contributed by atoms with Gasteiger partial charge in [0.1, 0.15) is 17.0 Å². The van der Waals surface area contributed by atoms with Crippen molar-refractivity contribution >= 4 is 34.4 Å². The van der Waals surface area contributed by atoms with Crippen molar-refractivity contribution in [3.63, 3.8) is 0 Å². The second-order valence-electron chi connectivity index (χ2n) is 6.90. The molecule has 0 bridgehead atoms. The smallest absolute Gasteiger partial charge is 0.341 e. The first kappa shape index (κ1) is 17.3. The van der Waals surface area contributed by atoms with Gasteiger partial charge in [0.05, 0.1) is 10.4 Å². The molecule has 2 aromatic heterocycles. The van der Waals surface area contributed by atoms with E-state index in [2.05, 4.69) is 16.7 Å². The fraction of sp³-hybridized carbons (Fsp3) is 0.500.